The summed E-state index contributed by atoms with van der Waals surface area (Å²) in [4.78, 5) is 28.6. The standard InChI is InChI=1S/C20H16FN3O2/c21-16-7-3-2-6-13(16)14-11-15(14)19(25)23-24-20(26)18-10-9-12-5-1-4-8-17(12)22-18/h1-10,14-15H,11H2,(H,23,25)(H,24,26). The predicted molar refractivity (Wildman–Crippen MR) is 94.6 cm³/mol. The zero-order chi connectivity index (χ0) is 18.1. The van der Waals surface area contributed by atoms with Crippen LogP contribution in [-0.2, 0) is 4.79 Å². The SMILES string of the molecule is O=C(NNC(=O)C1CC1c1ccccc1F)c1ccc2ccccc2n1. The smallest absolute Gasteiger partial charge is 0.273 e. The lowest BCUT2D eigenvalue weighted by Crippen LogP contribution is -2.42. The molecule has 3 aromatic rings. The summed E-state index contributed by atoms with van der Waals surface area (Å²) in [6.45, 7) is 0. The van der Waals surface area contributed by atoms with Gasteiger partial charge >= 0.3 is 0 Å². The molecule has 2 amide bonds. The summed E-state index contributed by atoms with van der Waals surface area (Å²) in [5.41, 5.74) is 6.24. The molecule has 2 unspecified atom stereocenters. The number of hydrazine groups is 1. The van der Waals surface area contributed by atoms with Gasteiger partial charge in [-0.3, -0.25) is 20.4 Å². The molecule has 0 radical (unpaired) electrons. The number of nitrogens with zero attached hydrogens (tertiary/aromatic N) is 1. The summed E-state index contributed by atoms with van der Waals surface area (Å²) in [7, 11) is 0. The number of hydrogen-bond donors (Lipinski definition) is 2. The quantitative estimate of drug-likeness (QED) is 0.714. The number of pyridine rings is 1. The topological polar surface area (TPSA) is 71.1 Å². The number of nitrogens with one attached hydrogen (secondary N) is 2. The van der Waals surface area contributed by atoms with Crippen LogP contribution in [0.15, 0.2) is 60.7 Å². The monoisotopic (exact) mass is 349 g/mol. The Labute approximate surface area is 149 Å². The van der Waals surface area contributed by atoms with Crippen molar-refractivity contribution in [3.8, 4) is 0 Å². The number of fused-ring (bicyclic) bond motifs is 1. The first kappa shape index (κ1) is 16.2. The number of hydrogen-bond acceptors (Lipinski definition) is 3. The van der Waals surface area contributed by atoms with E-state index in [-0.39, 0.29) is 29.3 Å². The van der Waals surface area contributed by atoms with Crippen molar-refractivity contribution in [2.24, 2.45) is 5.92 Å². The third kappa shape index (κ3) is 3.13. The maximum absolute atomic E-state index is 13.8. The van der Waals surface area contributed by atoms with Crippen LogP contribution < -0.4 is 10.9 Å². The lowest BCUT2D eigenvalue weighted by molar-refractivity contribution is -0.123. The van der Waals surface area contributed by atoms with Crippen LogP contribution in [0.2, 0.25) is 0 Å². The molecule has 0 aliphatic heterocycles. The molecule has 2 aromatic carbocycles. The van der Waals surface area contributed by atoms with Crippen molar-refractivity contribution in [1.82, 2.24) is 15.8 Å². The lowest BCUT2D eigenvalue weighted by Gasteiger charge is -2.08. The van der Waals surface area contributed by atoms with E-state index in [0.717, 1.165) is 5.39 Å². The number of para-hydroxylation sites is 1. The number of carbonyl (C=O) groups excluding carboxylic acids is 2. The van der Waals surface area contributed by atoms with E-state index in [1.807, 2.05) is 24.3 Å². The maximum atomic E-state index is 13.8. The summed E-state index contributed by atoms with van der Waals surface area (Å²) in [5, 5.41) is 0.929. The molecular weight excluding hydrogens is 333 g/mol. The van der Waals surface area contributed by atoms with Crippen LogP contribution in [0.4, 0.5) is 4.39 Å². The Morgan fingerprint density at radius 3 is 2.58 bits per heavy atom. The van der Waals surface area contributed by atoms with Gasteiger partial charge in [0.05, 0.1) is 5.52 Å². The molecule has 5 nitrogen and oxygen atoms in total. The van der Waals surface area contributed by atoms with Gasteiger partial charge in [-0.2, -0.15) is 0 Å². The van der Waals surface area contributed by atoms with Crippen LogP contribution in [0, 0.1) is 11.7 Å². The summed E-state index contributed by atoms with van der Waals surface area (Å²) in [5.74, 6) is -1.61. The number of halogens is 1. The third-order valence-corrected chi connectivity index (χ3v) is 4.56. The second-order valence-electron chi connectivity index (χ2n) is 6.30. The Kier molecular flexibility index (Phi) is 4.08. The number of carbonyl (C=O) groups is 2. The molecule has 1 fully saturated rings. The van der Waals surface area contributed by atoms with Gasteiger partial charge in [0, 0.05) is 11.3 Å². The zero-order valence-corrected chi connectivity index (χ0v) is 13.8. The molecule has 0 spiro atoms. The minimum Gasteiger partial charge on any atom is -0.273 e. The van der Waals surface area contributed by atoms with Crippen LogP contribution in [0.5, 0.6) is 0 Å². The number of rotatable bonds is 3. The van der Waals surface area contributed by atoms with Gasteiger partial charge in [0.15, 0.2) is 0 Å². The molecule has 0 bridgehead atoms. The first-order valence-corrected chi connectivity index (χ1v) is 8.34. The van der Waals surface area contributed by atoms with Crippen molar-refractivity contribution in [2.45, 2.75) is 12.3 Å². The molecule has 2 atom stereocenters. The Morgan fingerprint density at radius 2 is 1.73 bits per heavy atom. The molecular formula is C20H16FN3O2. The third-order valence-electron chi connectivity index (χ3n) is 4.56. The number of aromatic nitrogens is 1. The van der Waals surface area contributed by atoms with Crippen LogP contribution in [0.3, 0.4) is 0 Å². The van der Waals surface area contributed by atoms with Gasteiger partial charge < -0.3 is 0 Å². The van der Waals surface area contributed by atoms with Gasteiger partial charge in [0.2, 0.25) is 5.91 Å². The van der Waals surface area contributed by atoms with Crippen molar-refractivity contribution >= 4 is 22.7 Å². The molecule has 26 heavy (non-hydrogen) atoms. The molecule has 0 saturated heterocycles. The molecule has 1 aromatic heterocycles. The fraction of sp³-hybridized carbons (Fsp3) is 0.150. The molecule has 1 aliphatic carbocycles. The molecule has 130 valence electrons. The van der Waals surface area contributed by atoms with E-state index in [0.29, 0.717) is 17.5 Å². The van der Waals surface area contributed by atoms with E-state index in [1.165, 1.54) is 6.07 Å². The zero-order valence-electron chi connectivity index (χ0n) is 13.8. The largest absolute Gasteiger partial charge is 0.288 e. The fourth-order valence-electron chi connectivity index (χ4n) is 3.07. The van der Waals surface area contributed by atoms with E-state index in [2.05, 4.69) is 15.8 Å². The molecule has 1 saturated carbocycles. The average Bonchev–Trinajstić information content (AvgIpc) is 3.46. The Balaban J connectivity index is 1.37. The van der Waals surface area contributed by atoms with E-state index < -0.39 is 5.91 Å². The van der Waals surface area contributed by atoms with Crippen LogP contribution >= 0.6 is 0 Å². The maximum Gasteiger partial charge on any atom is 0.288 e. The van der Waals surface area contributed by atoms with Crippen LogP contribution in [0.1, 0.15) is 28.4 Å². The Morgan fingerprint density at radius 1 is 0.962 bits per heavy atom. The van der Waals surface area contributed by atoms with Crippen molar-refractivity contribution in [2.75, 3.05) is 0 Å². The highest BCUT2D eigenvalue weighted by atomic mass is 19.1. The first-order chi connectivity index (χ1) is 12.6. The van der Waals surface area contributed by atoms with E-state index >= 15 is 0 Å². The first-order valence-electron chi connectivity index (χ1n) is 8.34. The fourth-order valence-corrected chi connectivity index (χ4v) is 3.07. The Hall–Kier alpha value is -3.28. The van der Waals surface area contributed by atoms with Gasteiger partial charge in [0.1, 0.15) is 11.5 Å². The molecule has 4 rings (SSSR count). The summed E-state index contributed by atoms with van der Waals surface area (Å²) in [6.07, 6.45) is 0.566. The lowest BCUT2D eigenvalue weighted by atomic mass is 10.1. The van der Waals surface area contributed by atoms with Gasteiger partial charge in [-0.15, -0.1) is 0 Å². The van der Waals surface area contributed by atoms with E-state index in [9.17, 15) is 14.0 Å². The second kappa shape index (κ2) is 6.55. The molecule has 2 N–H and O–H groups in total. The average molecular weight is 349 g/mol. The van der Waals surface area contributed by atoms with E-state index in [1.54, 1.807) is 30.3 Å². The summed E-state index contributed by atoms with van der Waals surface area (Å²) in [6, 6.07) is 17.3. The second-order valence-corrected chi connectivity index (χ2v) is 6.30. The van der Waals surface area contributed by atoms with Gasteiger partial charge in [-0.25, -0.2) is 9.37 Å². The van der Waals surface area contributed by atoms with Crippen molar-refractivity contribution < 1.29 is 14.0 Å². The molecule has 6 heteroatoms. The van der Waals surface area contributed by atoms with Crippen molar-refractivity contribution in [3.63, 3.8) is 0 Å². The highest BCUT2D eigenvalue weighted by molar-refractivity contribution is 5.96. The highest BCUT2D eigenvalue weighted by Gasteiger charge is 2.45. The minimum absolute atomic E-state index is 0.146. The molecule has 1 aliphatic rings. The van der Waals surface area contributed by atoms with Crippen LogP contribution in [-0.4, -0.2) is 16.8 Å². The van der Waals surface area contributed by atoms with Gasteiger partial charge in [-0.1, -0.05) is 42.5 Å². The number of benzene rings is 2. The minimum atomic E-state index is -0.493. The summed E-state index contributed by atoms with van der Waals surface area (Å²) < 4.78 is 13.8. The van der Waals surface area contributed by atoms with Gasteiger partial charge in [0.25, 0.3) is 5.91 Å². The summed E-state index contributed by atoms with van der Waals surface area (Å²) >= 11 is 0. The van der Waals surface area contributed by atoms with Gasteiger partial charge in [-0.05, 0) is 36.1 Å². The van der Waals surface area contributed by atoms with E-state index in [4.69, 9.17) is 0 Å². The van der Waals surface area contributed by atoms with Crippen molar-refractivity contribution in [3.05, 3.63) is 77.7 Å². The Bertz CT molecular complexity index is 1010. The normalized spacial score (nSPS) is 18.3. The predicted octanol–water partition coefficient (Wildman–Crippen LogP) is 2.94. The molecule has 1 heterocycles. The number of amides is 2. The van der Waals surface area contributed by atoms with Crippen LogP contribution in [0.25, 0.3) is 10.9 Å². The van der Waals surface area contributed by atoms with Crippen molar-refractivity contribution in [1.29, 1.82) is 0 Å². The highest BCUT2D eigenvalue weighted by Crippen LogP contribution is 2.48.